The average molecular weight is 769 g/mol. The minimum absolute atomic E-state index is 1.11. The molecule has 3 heterocycles. The van der Waals surface area contributed by atoms with Crippen LogP contribution in [0.25, 0.3) is 91.5 Å². The van der Waals surface area contributed by atoms with Crippen molar-refractivity contribution in [3.8, 4) is 33.4 Å². The predicted molar refractivity (Wildman–Crippen MR) is 254 cm³/mol. The van der Waals surface area contributed by atoms with Crippen LogP contribution < -0.4 is 4.90 Å². The van der Waals surface area contributed by atoms with E-state index in [-0.39, 0.29) is 0 Å². The average Bonchev–Trinajstić information content (AvgIpc) is 3.87. The molecule has 0 radical (unpaired) electrons. The first kappa shape index (κ1) is 33.7. The van der Waals surface area contributed by atoms with E-state index in [1.54, 1.807) is 0 Å². The molecule has 276 valence electrons. The first-order valence-electron chi connectivity index (χ1n) is 20.2. The fraction of sp³-hybridized carbons (Fsp3) is 0. The Morgan fingerprint density at radius 2 is 0.915 bits per heavy atom. The van der Waals surface area contributed by atoms with E-state index in [0.29, 0.717) is 0 Å². The lowest BCUT2D eigenvalue weighted by molar-refractivity contribution is 1.27. The maximum absolute atomic E-state index is 2.43. The third kappa shape index (κ3) is 5.40. The number of hydrogen-bond acceptors (Lipinski definition) is 2. The number of pyridine rings is 1. The topological polar surface area (TPSA) is 7.65 Å². The third-order valence-corrected chi connectivity index (χ3v) is 13.2. The van der Waals surface area contributed by atoms with Crippen LogP contribution in [-0.2, 0) is 0 Å². The van der Waals surface area contributed by atoms with Gasteiger partial charge in [-0.1, -0.05) is 170 Å². The van der Waals surface area contributed by atoms with Gasteiger partial charge in [-0.3, -0.25) is 0 Å². The standard InChI is InChI=1S/C56H36N2S/c1-2-15-41(16-3-1)53-50-24-11-22-46(54(50)57-36-35-38-14-5-7-19-47(38)55(53)57)40-29-33-43(34-30-40)58(51-25-12-23-49-48-20-8-9-26-52(48)59-56(49)51)42-31-27-39(28-32-42)45-21-10-17-37-13-4-6-18-44(37)45/h1-36H. The molecule has 0 aliphatic heterocycles. The zero-order valence-corrected chi connectivity index (χ0v) is 32.9. The molecule has 0 aliphatic rings. The van der Waals surface area contributed by atoms with Gasteiger partial charge in [0.2, 0.25) is 0 Å². The Hall–Kier alpha value is -7.46. The molecule has 0 N–H and O–H groups in total. The van der Waals surface area contributed by atoms with Gasteiger partial charge < -0.3 is 9.30 Å². The van der Waals surface area contributed by atoms with Crippen molar-refractivity contribution in [3.05, 3.63) is 219 Å². The van der Waals surface area contributed by atoms with Crippen LogP contribution in [0.4, 0.5) is 17.1 Å². The number of para-hydroxylation sites is 1. The number of nitrogens with zero attached hydrogens (tertiary/aromatic N) is 2. The Morgan fingerprint density at radius 1 is 0.356 bits per heavy atom. The molecule has 0 saturated carbocycles. The van der Waals surface area contributed by atoms with Crippen molar-refractivity contribution in [3.63, 3.8) is 0 Å². The van der Waals surface area contributed by atoms with E-state index in [1.165, 1.54) is 97.2 Å². The van der Waals surface area contributed by atoms with E-state index in [4.69, 9.17) is 0 Å². The first-order valence-corrected chi connectivity index (χ1v) is 21.0. The monoisotopic (exact) mass is 768 g/mol. The second-order valence-electron chi connectivity index (χ2n) is 15.3. The molecule has 3 heteroatoms. The molecule has 12 rings (SSSR count). The number of fused-ring (bicyclic) bond motifs is 9. The maximum atomic E-state index is 2.43. The summed E-state index contributed by atoms with van der Waals surface area (Å²) in [6, 6.07) is 77.6. The Labute approximate surface area is 346 Å². The Morgan fingerprint density at radius 3 is 1.69 bits per heavy atom. The van der Waals surface area contributed by atoms with Gasteiger partial charge in [0.25, 0.3) is 0 Å². The van der Waals surface area contributed by atoms with Gasteiger partial charge in [-0.25, -0.2) is 0 Å². The molecule has 12 aromatic rings. The normalized spacial score (nSPS) is 11.7. The van der Waals surface area contributed by atoms with E-state index in [2.05, 4.69) is 228 Å². The van der Waals surface area contributed by atoms with Gasteiger partial charge in [0.05, 0.1) is 21.4 Å². The van der Waals surface area contributed by atoms with Crippen molar-refractivity contribution in [2.75, 3.05) is 4.90 Å². The Balaban J connectivity index is 1.03. The van der Waals surface area contributed by atoms with Crippen molar-refractivity contribution in [2.24, 2.45) is 0 Å². The molecule has 0 aliphatic carbocycles. The second-order valence-corrected chi connectivity index (χ2v) is 16.3. The lowest BCUT2D eigenvalue weighted by Gasteiger charge is -2.26. The summed E-state index contributed by atoms with van der Waals surface area (Å²) >= 11 is 1.87. The van der Waals surface area contributed by atoms with Gasteiger partial charge in [-0.05, 0) is 80.9 Å². The highest BCUT2D eigenvalue weighted by molar-refractivity contribution is 7.26. The fourth-order valence-electron chi connectivity index (χ4n) is 9.31. The number of benzene rings is 9. The molecule has 3 aromatic heterocycles. The van der Waals surface area contributed by atoms with Crippen molar-refractivity contribution in [1.29, 1.82) is 0 Å². The van der Waals surface area contributed by atoms with Crippen LogP contribution in [0.1, 0.15) is 0 Å². The summed E-state index contributed by atoms with van der Waals surface area (Å²) in [5, 5.41) is 8.84. The molecular weight excluding hydrogens is 733 g/mol. The minimum Gasteiger partial charge on any atom is -0.315 e. The molecule has 0 unspecified atom stereocenters. The molecule has 0 spiro atoms. The molecule has 0 atom stereocenters. The summed E-state index contributed by atoms with van der Waals surface area (Å²) in [4.78, 5) is 2.43. The molecule has 0 bridgehead atoms. The van der Waals surface area contributed by atoms with Gasteiger partial charge in [0.1, 0.15) is 0 Å². The number of hydrogen-bond donors (Lipinski definition) is 0. The van der Waals surface area contributed by atoms with Gasteiger partial charge >= 0.3 is 0 Å². The molecule has 0 amide bonds. The predicted octanol–water partition coefficient (Wildman–Crippen LogP) is 16.2. The summed E-state index contributed by atoms with van der Waals surface area (Å²) < 4.78 is 4.99. The van der Waals surface area contributed by atoms with Crippen LogP contribution in [0.5, 0.6) is 0 Å². The van der Waals surface area contributed by atoms with Crippen LogP contribution in [0, 0.1) is 0 Å². The third-order valence-electron chi connectivity index (χ3n) is 12.0. The van der Waals surface area contributed by atoms with Crippen molar-refractivity contribution in [2.45, 2.75) is 0 Å². The summed E-state index contributed by atoms with van der Waals surface area (Å²) in [5.74, 6) is 0. The van der Waals surface area contributed by atoms with E-state index in [0.717, 1.165) is 11.4 Å². The number of aromatic nitrogens is 1. The zero-order chi connectivity index (χ0) is 38.9. The molecule has 0 saturated heterocycles. The van der Waals surface area contributed by atoms with Gasteiger partial charge in [0.15, 0.2) is 0 Å². The summed E-state index contributed by atoms with van der Waals surface area (Å²) in [6.07, 6.45) is 2.25. The highest BCUT2D eigenvalue weighted by Gasteiger charge is 2.21. The van der Waals surface area contributed by atoms with Crippen molar-refractivity contribution < 1.29 is 0 Å². The van der Waals surface area contributed by atoms with Gasteiger partial charge in [-0.15, -0.1) is 11.3 Å². The quantitative estimate of drug-likeness (QED) is 0.163. The van der Waals surface area contributed by atoms with Gasteiger partial charge in [0, 0.05) is 54.9 Å². The lowest BCUT2D eigenvalue weighted by Crippen LogP contribution is -2.10. The minimum atomic E-state index is 1.11. The fourth-order valence-corrected chi connectivity index (χ4v) is 10.5. The van der Waals surface area contributed by atoms with Crippen LogP contribution >= 0.6 is 11.3 Å². The Bertz CT molecular complexity index is 3540. The highest BCUT2D eigenvalue weighted by Crippen LogP contribution is 2.47. The summed E-state index contributed by atoms with van der Waals surface area (Å²) in [6.45, 7) is 0. The molecule has 59 heavy (non-hydrogen) atoms. The number of anilines is 3. The summed E-state index contributed by atoms with van der Waals surface area (Å²) in [7, 11) is 0. The second kappa shape index (κ2) is 13.6. The Kier molecular flexibility index (Phi) is 7.75. The first-order chi connectivity index (χ1) is 29.3. The van der Waals surface area contributed by atoms with Crippen LogP contribution in [-0.4, -0.2) is 4.40 Å². The van der Waals surface area contributed by atoms with E-state index in [9.17, 15) is 0 Å². The largest absolute Gasteiger partial charge is 0.315 e. The lowest BCUT2D eigenvalue weighted by atomic mass is 9.97. The molecule has 9 aromatic carbocycles. The molecule has 2 nitrogen and oxygen atoms in total. The molecule has 0 fully saturated rings. The smallest absolute Gasteiger partial charge is 0.0640 e. The van der Waals surface area contributed by atoms with E-state index >= 15 is 0 Å². The summed E-state index contributed by atoms with van der Waals surface area (Å²) in [5.41, 5.74) is 13.2. The van der Waals surface area contributed by atoms with E-state index < -0.39 is 0 Å². The SMILES string of the molecule is c1ccc(-c2c3cccc(-c4ccc(N(c5ccc(-c6cccc7ccccc67)cc5)c5cccc6c5sc5ccccc56)cc4)c3n3ccc4ccccc4c23)cc1. The van der Waals surface area contributed by atoms with Crippen LogP contribution in [0.3, 0.4) is 0 Å². The molecular formula is C56H36N2S. The number of rotatable bonds is 6. The van der Waals surface area contributed by atoms with Crippen molar-refractivity contribution in [1.82, 2.24) is 4.40 Å². The van der Waals surface area contributed by atoms with Gasteiger partial charge in [-0.2, -0.15) is 0 Å². The number of thiophene rings is 1. The highest BCUT2D eigenvalue weighted by atomic mass is 32.1. The zero-order valence-electron chi connectivity index (χ0n) is 32.1. The van der Waals surface area contributed by atoms with Crippen LogP contribution in [0.15, 0.2) is 219 Å². The van der Waals surface area contributed by atoms with Crippen LogP contribution in [0.2, 0.25) is 0 Å². The van der Waals surface area contributed by atoms with E-state index in [1.807, 2.05) is 11.3 Å². The van der Waals surface area contributed by atoms with Crippen molar-refractivity contribution >= 4 is 86.5 Å². The maximum Gasteiger partial charge on any atom is 0.0640 e.